The zero-order valence-electron chi connectivity index (χ0n) is 17.9. The van der Waals surface area contributed by atoms with Crippen LogP contribution in [0.5, 0.6) is 0 Å². The van der Waals surface area contributed by atoms with Crippen molar-refractivity contribution in [3.8, 4) is 0 Å². The van der Waals surface area contributed by atoms with Crippen LogP contribution in [0.4, 0.5) is 0 Å². The Bertz CT molecular complexity index is 990. The first-order valence-electron chi connectivity index (χ1n) is 11.2. The Hall–Kier alpha value is -2.65. The van der Waals surface area contributed by atoms with Gasteiger partial charge in [-0.1, -0.05) is 61.0 Å². The van der Waals surface area contributed by atoms with Crippen molar-refractivity contribution >= 4 is 16.7 Å². The summed E-state index contributed by atoms with van der Waals surface area (Å²) in [6, 6.07) is 24.0. The van der Waals surface area contributed by atoms with E-state index in [0.717, 1.165) is 6.42 Å². The number of fused-ring (bicyclic) bond motifs is 1. The van der Waals surface area contributed by atoms with Gasteiger partial charge in [-0.15, -0.1) is 0 Å². The molecule has 3 nitrogen and oxygen atoms in total. The van der Waals surface area contributed by atoms with Crippen LogP contribution in [0.1, 0.15) is 73.0 Å². The molecule has 3 aromatic carbocycles. The molecule has 4 rings (SSSR count). The zero-order chi connectivity index (χ0) is 20.9. The summed E-state index contributed by atoms with van der Waals surface area (Å²) in [5, 5.41) is 6.53. The fraction of sp³-hybridized carbons (Fsp3) is 0.370. The van der Waals surface area contributed by atoms with E-state index >= 15 is 0 Å². The summed E-state index contributed by atoms with van der Waals surface area (Å²) in [5.41, 5.74) is 3.33. The van der Waals surface area contributed by atoms with Gasteiger partial charge in [0.2, 0.25) is 0 Å². The van der Waals surface area contributed by atoms with E-state index in [9.17, 15) is 4.79 Å². The molecule has 0 spiro atoms. The number of hydrogen-bond acceptors (Lipinski definition) is 3. The van der Waals surface area contributed by atoms with E-state index in [-0.39, 0.29) is 5.97 Å². The minimum absolute atomic E-state index is 0.240. The maximum Gasteiger partial charge on any atom is 0.338 e. The van der Waals surface area contributed by atoms with Crippen molar-refractivity contribution in [2.75, 3.05) is 6.61 Å². The fourth-order valence-corrected chi connectivity index (χ4v) is 4.82. The maximum absolute atomic E-state index is 11.9. The maximum atomic E-state index is 11.9. The Balaban J connectivity index is 1.43. The molecule has 0 heterocycles. The number of nitrogens with one attached hydrogen (secondary N) is 1. The summed E-state index contributed by atoms with van der Waals surface area (Å²) in [7, 11) is 0. The van der Waals surface area contributed by atoms with Crippen LogP contribution in [0.15, 0.2) is 66.7 Å². The minimum atomic E-state index is -0.240. The molecule has 0 amide bonds. The molecule has 1 aliphatic rings. The number of carbonyl (C=O) groups is 1. The Labute approximate surface area is 179 Å². The second-order valence-corrected chi connectivity index (χ2v) is 8.36. The van der Waals surface area contributed by atoms with Crippen molar-refractivity contribution in [1.82, 2.24) is 5.32 Å². The van der Waals surface area contributed by atoms with Gasteiger partial charge in [0.15, 0.2) is 0 Å². The van der Waals surface area contributed by atoms with Crippen LogP contribution in [0.25, 0.3) is 10.8 Å². The lowest BCUT2D eigenvalue weighted by atomic mass is 9.81. The SMILES string of the molecule is CCOC(=O)c1ccc(C2CCCC(N[C@H](C)c3cccc4ccccc34)C2)cc1. The highest BCUT2D eigenvalue weighted by molar-refractivity contribution is 5.89. The Morgan fingerprint density at radius 3 is 2.60 bits per heavy atom. The molecular formula is C27H31NO2. The zero-order valence-corrected chi connectivity index (χ0v) is 17.9. The van der Waals surface area contributed by atoms with Gasteiger partial charge < -0.3 is 10.1 Å². The van der Waals surface area contributed by atoms with Gasteiger partial charge in [0, 0.05) is 12.1 Å². The van der Waals surface area contributed by atoms with Gasteiger partial charge in [-0.25, -0.2) is 4.79 Å². The molecule has 1 fully saturated rings. The third-order valence-electron chi connectivity index (χ3n) is 6.34. The number of benzene rings is 3. The van der Waals surface area contributed by atoms with E-state index in [4.69, 9.17) is 4.74 Å². The highest BCUT2D eigenvalue weighted by atomic mass is 16.5. The van der Waals surface area contributed by atoms with E-state index in [1.807, 2.05) is 19.1 Å². The molecule has 0 aliphatic heterocycles. The standard InChI is InChI=1S/C27H31NO2/c1-3-30-27(29)22-16-14-20(15-17-22)23-10-6-11-24(18-23)28-19(2)25-13-7-9-21-8-4-5-12-26(21)25/h4-5,7-9,12-17,19,23-24,28H,3,6,10-11,18H2,1-2H3/t19-,23?,24?/m1/s1. The Morgan fingerprint density at radius 1 is 1.03 bits per heavy atom. The van der Waals surface area contributed by atoms with Crippen LogP contribution in [0, 0.1) is 0 Å². The second kappa shape index (κ2) is 9.44. The lowest BCUT2D eigenvalue weighted by Gasteiger charge is -2.32. The summed E-state index contributed by atoms with van der Waals surface area (Å²) >= 11 is 0. The lowest BCUT2D eigenvalue weighted by Crippen LogP contribution is -2.35. The molecular weight excluding hydrogens is 370 g/mol. The monoisotopic (exact) mass is 401 g/mol. The average molecular weight is 402 g/mol. The lowest BCUT2D eigenvalue weighted by molar-refractivity contribution is 0.0526. The number of hydrogen-bond donors (Lipinski definition) is 1. The third kappa shape index (κ3) is 4.57. The van der Waals surface area contributed by atoms with Crippen molar-refractivity contribution in [2.24, 2.45) is 0 Å². The van der Waals surface area contributed by atoms with E-state index < -0.39 is 0 Å². The van der Waals surface area contributed by atoms with Crippen molar-refractivity contribution in [2.45, 2.75) is 57.5 Å². The summed E-state index contributed by atoms with van der Waals surface area (Å²) < 4.78 is 5.10. The van der Waals surface area contributed by atoms with Gasteiger partial charge in [-0.2, -0.15) is 0 Å². The van der Waals surface area contributed by atoms with Gasteiger partial charge in [-0.3, -0.25) is 0 Å². The molecule has 156 valence electrons. The van der Waals surface area contributed by atoms with Gasteiger partial charge in [0.05, 0.1) is 12.2 Å². The molecule has 1 N–H and O–H groups in total. The van der Waals surface area contributed by atoms with Crippen LogP contribution in [-0.4, -0.2) is 18.6 Å². The molecule has 30 heavy (non-hydrogen) atoms. The Morgan fingerprint density at radius 2 is 1.80 bits per heavy atom. The third-order valence-corrected chi connectivity index (χ3v) is 6.34. The number of carbonyl (C=O) groups excluding carboxylic acids is 1. The topological polar surface area (TPSA) is 38.3 Å². The van der Waals surface area contributed by atoms with Gasteiger partial charge in [-0.05, 0) is 73.1 Å². The molecule has 3 aromatic rings. The van der Waals surface area contributed by atoms with Crippen molar-refractivity contribution in [3.05, 3.63) is 83.4 Å². The van der Waals surface area contributed by atoms with Crippen LogP contribution >= 0.6 is 0 Å². The number of rotatable bonds is 6. The molecule has 0 bridgehead atoms. The highest BCUT2D eigenvalue weighted by Gasteiger charge is 2.25. The van der Waals surface area contributed by atoms with Gasteiger partial charge in [0.25, 0.3) is 0 Å². The first kappa shape index (κ1) is 20.6. The molecule has 2 unspecified atom stereocenters. The van der Waals surface area contributed by atoms with Crippen molar-refractivity contribution in [3.63, 3.8) is 0 Å². The molecule has 1 aliphatic carbocycles. The molecule has 1 saturated carbocycles. The van der Waals surface area contributed by atoms with E-state index in [2.05, 4.69) is 66.8 Å². The summed E-state index contributed by atoms with van der Waals surface area (Å²) in [5.74, 6) is 0.295. The molecule has 0 aromatic heterocycles. The number of ether oxygens (including phenoxy) is 1. The van der Waals surface area contributed by atoms with E-state index in [1.54, 1.807) is 0 Å². The minimum Gasteiger partial charge on any atom is -0.462 e. The normalized spacial score (nSPS) is 20.1. The van der Waals surface area contributed by atoms with E-state index in [0.29, 0.717) is 30.2 Å². The largest absolute Gasteiger partial charge is 0.462 e. The summed E-state index contributed by atoms with van der Waals surface area (Å²) in [4.78, 5) is 11.9. The van der Waals surface area contributed by atoms with Crippen molar-refractivity contribution in [1.29, 1.82) is 0 Å². The predicted molar refractivity (Wildman–Crippen MR) is 123 cm³/mol. The highest BCUT2D eigenvalue weighted by Crippen LogP contribution is 2.34. The van der Waals surface area contributed by atoms with Gasteiger partial charge in [0.1, 0.15) is 0 Å². The van der Waals surface area contributed by atoms with Crippen LogP contribution in [-0.2, 0) is 4.74 Å². The van der Waals surface area contributed by atoms with E-state index in [1.165, 1.54) is 41.2 Å². The molecule has 0 radical (unpaired) electrons. The summed E-state index contributed by atoms with van der Waals surface area (Å²) in [6.45, 7) is 4.52. The van der Waals surface area contributed by atoms with Gasteiger partial charge >= 0.3 is 5.97 Å². The van der Waals surface area contributed by atoms with Crippen LogP contribution in [0.2, 0.25) is 0 Å². The molecule has 3 atom stereocenters. The van der Waals surface area contributed by atoms with Crippen LogP contribution < -0.4 is 5.32 Å². The van der Waals surface area contributed by atoms with Crippen LogP contribution in [0.3, 0.4) is 0 Å². The van der Waals surface area contributed by atoms with Crippen molar-refractivity contribution < 1.29 is 9.53 Å². The predicted octanol–water partition coefficient (Wildman–Crippen LogP) is 6.39. The first-order valence-corrected chi connectivity index (χ1v) is 11.2. The number of esters is 1. The fourth-order valence-electron chi connectivity index (χ4n) is 4.82. The summed E-state index contributed by atoms with van der Waals surface area (Å²) in [6.07, 6.45) is 4.78. The quantitative estimate of drug-likeness (QED) is 0.486. The first-order chi connectivity index (χ1) is 14.7. The smallest absolute Gasteiger partial charge is 0.338 e. The molecule has 3 heteroatoms. The second-order valence-electron chi connectivity index (χ2n) is 8.36. The molecule has 0 saturated heterocycles. The Kier molecular flexibility index (Phi) is 6.49. The average Bonchev–Trinajstić information content (AvgIpc) is 2.79.